The van der Waals surface area contributed by atoms with Gasteiger partial charge in [-0.05, 0) is 38.7 Å². The molecule has 1 saturated carbocycles. The highest BCUT2D eigenvalue weighted by Gasteiger charge is 2.55. The number of esters is 1. The lowest BCUT2D eigenvalue weighted by atomic mass is 9.59. The number of Topliss-reactive ketones (excluding diaryl/α,β-unsaturated/α-hetero) is 1. The van der Waals surface area contributed by atoms with Crippen LogP contribution in [-0.4, -0.2) is 17.9 Å². The Labute approximate surface area is 108 Å². The number of hydrogen-bond donors (Lipinski definition) is 0. The van der Waals surface area contributed by atoms with Gasteiger partial charge in [0.15, 0.2) is 0 Å². The molecule has 0 radical (unpaired) electrons. The van der Waals surface area contributed by atoms with E-state index in [0.29, 0.717) is 12.2 Å². The van der Waals surface area contributed by atoms with E-state index in [1.807, 2.05) is 13.8 Å². The van der Waals surface area contributed by atoms with Gasteiger partial charge < -0.3 is 4.74 Å². The van der Waals surface area contributed by atoms with E-state index in [4.69, 9.17) is 4.74 Å². The molecule has 0 N–H and O–H groups in total. The van der Waals surface area contributed by atoms with E-state index in [1.54, 1.807) is 0 Å². The molecule has 2 aliphatic carbocycles. The number of rotatable bonds is 0. The van der Waals surface area contributed by atoms with E-state index in [2.05, 4.69) is 6.92 Å². The normalized spacial score (nSPS) is 43.6. The van der Waals surface area contributed by atoms with Crippen molar-refractivity contribution in [2.24, 2.45) is 17.3 Å². The molecule has 0 aromatic carbocycles. The molecule has 1 saturated heterocycles. The molecule has 0 aromatic heterocycles. The molecule has 0 aromatic rings. The quantitative estimate of drug-likeness (QED) is 0.489. The zero-order valence-electron chi connectivity index (χ0n) is 11.3. The van der Waals surface area contributed by atoms with Crippen LogP contribution in [0.3, 0.4) is 0 Å². The third-order valence-electron chi connectivity index (χ3n) is 5.30. The van der Waals surface area contributed by atoms with Crippen LogP contribution in [0.5, 0.6) is 0 Å². The predicted molar refractivity (Wildman–Crippen MR) is 66.8 cm³/mol. The van der Waals surface area contributed by atoms with E-state index >= 15 is 0 Å². The molecule has 0 spiro atoms. The molecule has 3 rings (SSSR count). The summed E-state index contributed by atoms with van der Waals surface area (Å²) in [5.41, 5.74) is 2.04. The summed E-state index contributed by atoms with van der Waals surface area (Å²) in [6.45, 7) is 6.09. The standard InChI is InChI=1S/C15H20O3/c1-8-4-5-11(16)15(3)7-6-10-9(2)14(17)18-13(10)12(8)15/h9-10,13H,4-7H2,1-3H3/t9-,10+,13-,15-/m1/s1. The Morgan fingerprint density at radius 3 is 2.72 bits per heavy atom. The number of carbonyl (C=O) groups is 2. The van der Waals surface area contributed by atoms with Gasteiger partial charge >= 0.3 is 5.97 Å². The molecule has 3 aliphatic rings. The molecular weight excluding hydrogens is 228 g/mol. The Morgan fingerprint density at radius 1 is 1.28 bits per heavy atom. The first-order valence-corrected chi connectivity index (χ1v) is 6.89. The van der Waals surface area contributed by atoms with Crippen LogP contribution in [0.25, 0.3) is 0 Å². The average molecular weight is 248 g/mol. The smallest absolute Gasteiger partial charge is 0.309 e. The summed E-state index contributed by atoms with van der Waals surface area (Å²) in [4.78, 5) is 24.1. The zero-order chi connectivity index (χ0) is 13.1. The van der Waals surface area contributed by atoms with Gasteiger partial charge in [0.2, 0.25) is 0 Å². The van der Waals surface area contributed by atoms with Crippen molar-refractivity contribution < 1.29 is 14.3 Å². The Balaban J connectivity index is 2.08. The van der Waals surface area contributed by atoms with Crippen LogP contribution >= 0.6 is 0 Å². The van der Waals surface area contributed by atoms with E-state index in [1.165, 1.54) is 5.57 Å². The first-order chi connectivity index (χ1) is 8.45. The SMILES string of the molecule is CC1=C2[C@@H]3OC(=O)[C@H](C)[C@@H]3CC[C@]2(C)C(=O)CC1. The van der Waals surface area contributed by atoms with Gasteiger partial charge in [-0.15, -0.1) is 0 Å². The molecule has 1 aliphatic heterocycles. The number of ether oxygens (including phenoxy) is 1. The van der Waals surface area contributed by atoms with Gasteiger partial charge in [0.05, 0.1) is 11.3 Å². The van der Waals surface area contributed by atoms with Gasteiger partial charge in [-0.1, -0.05) is 12.5 Å². The fraction of sp³-hybridized carbons (Fsp3) is 0.733. The van der Waals surface area contributed by atoms with Crippen LogP contribution in [0.2, 0.25) is 0 Å². The van der Waals surface area contributed by atoms with Crippen molar-refractivity contribution in [3.63, 3.8) is 0 Å². The van der Waals surface area contributed by atoms with Gasteiger partial charge in [0, 0.05) is 12.3 Å². The predicted octanol–water partition coefficient (Wildman–Crippen LogP) is 2.64. The molecule has 1 heterocycles. The maximum Gasteiger partial charge on any atom is 0.309 e. The van der Waals surface area contributed by atoms with Crippen molar-refractivity contribution in [2.45, 2.75) is 52.6 Å². The van der Waals surface area contributed by atoms with Crippen molar-refractivity contribution in [2.75, 3.05) is 0 Å². The van der Waals surface area contributed by atoms with Crippen molar-refractivity contribution >= 4 is 11.8 Å². The van der Waals surface area contributed by atoms with Crippen LogP contribution in [-0.2, 0) is 14.3 Å². The number of allylic oxidation sites excluding steroid dienone is 1. The first kappa shape index (κ1) is 11.9. The molecule has 3 heteroatoms. The van der Waals surface area contributed by atoms with Gasteiger partial charge in [0.1, 0.15) is 11.9 Å². The Hall–Kier alpha value is -1.12. The maximum absolute atomic E-state index is 12.3. The topological polar surface area (TPSA) is 43.4 Å². The Kier molecular flexibility index (Phi) is 2.45. The van der Waals surface area contributed by atoms with E-state index < -0.39 is 0 Å². The Morgan fingerprint density at radius 2 is 2.00 bits per heavy atom. The van der Waals surface area contributed by atoms with Crippen LogP contribution in [0, 0.1) is 17.3 Å². The van der Waals surface area contributed by atoms with Crippen molar-refractivity contribution in [1.29, 1.82) is 0 Å². The summed E-state index contributed by atoms with van der Waals surface area (Å²) in [5, 5.41) is 0. The lowest BCUT2D eigenvalue weighted by molar-refractivity contribution is -0.144. The van der Waals surface area contributed by atoms with Crippen molar-refractivity contribution in [3.8, 4) is 0 Å². The van der Waals surface area contributed by atoms with Gasteiger partial charge in [-0.3, -0.25) is 9.59 Å². The second kappa shape index (κ2) is 3.69. The fourth-order valence-corrected chi connectivity index (χ4v) is 4.05. The summed E-state index contributed by atoms with van der Waals surface area (Å²) in [5.74, 6) is 0.503. The van der Waals surface area contributed by atoms with E-state index in [0.717, 1.165) is 24.8 Å². The van der Waals surface area contributed by atoms with Crippen LogP contribution in [0.4, 0.5) is 0 Å². The summed E-state index contributed by atoms with van der Waals surface area (Å²) >= 11 is 0. The van der Waals surface area contributed by atoms with Gasteiger partial charge in [-0.25, -0.2) is 0 Å². The minimum Gasteiger partial charge on any atom is -0.457 e. The minimum atomic E-state index is -0.367. The third-order valence-corrected chi connectivity index (χ3v) is 5.30. The maximum atomic E-state index is 12.3. The molecular formula is C15H20O3. The first-order valence-electron chi connectivity index (χ1n) is 6.89. The highest BCUT2D eigenvalue weighted by atomic mass is 16.6. The van der Waals surface area contributed by atoms with Crippen molar-refractivity contribution in [1.82, 2.24) is 0 Å². The molecule has 98 valence electrons. The largest absolute Gasteiger partial charge is 0.457 e. The highest BCUT2D eigenvalue weighted by molar-refractivity contribution is 5.90. The molecule has 0 bridgehead atoms. The second-order valence-electron chi connectivity index (χ2n) is 6.30. The molecule has 4 atom stereocenters. The lowest BCUT2D eigenvalue weighted by Crippen LogP contribution is -2.45. The number of carbonyl (C=O) groups excluding carboxylic acids is 2. The zero-order valence-corrected chi connectivity index (χ0v) is 11.3. The van der Waals surface area contributed by atoms with Crippen molar-refractivity contribution in [3.05, 3.63) is 11.1 Å². The van der Waals surface area contributed by atoms with E-state index in [9.17, 15) is 9.59 Å². The Bertz CT molecular complexity index is 462. The molecule has 0 amide bonds. The molecule has 2 fully saturated rings. The number of fused-ring (bicyclic) bond motifs is 3. The molecule has 3 nitrogen and oxygen atoms in total. The summed E-state index contributed by atoms with van der Waals surface area (Å²) in [6.07, 6.45) is 3.15. The lowest BCUT2D eigenvalue weighted by Gasteiger charge is -2.44. The summed E-state index contributed by atoms with van der Waals surface area (Å²) in [7, 11) is 0. The second-order valence-corrected chi connectivity index (χ2v) is 6.30. The fourth-order valence-electron chi connectivity index (χ4n) is 4.05. The summed E-state index contributed by atoms with van der Waals surface area (Å²) in [6, 6.07) is 0. The summed E-state index contributed by atoms with van der Waals surface area (Å²) < 4.78 is 5.58. The minimum absolute atomic E-state index is 0.0168. The van der Waals surface area contributed by atoms with E-state index in [-0.39, 0.29) is 29.3 Å². The van der Waals surface area contributed by atoms with Crippen LogP contribution < -0.4 is 0 Å². The van der Waals surface area contributed by atoms with Gasteiger partial charge in [-0.2, -0.15) is 0 Å². The van der Waals surface area contributed by atoms with Crippen LogP contribution in [0.1, 0.15) is 46.5 Å². The number of ketones is 1. The van der Waals surface area contributed by atoms with Gasteiger partial charge in [0.25, 0.3) is 0 Å². The van der Waals surface area contributed by atoms with Crippen LogP contribution in [0.15, 0.2) is 11.1 Å². The molecule has 18 heavy (non-hydrogen) atoms. The highest BCUT2D eigenvalue weighted by Crippen LogP contribution is 2.53. The monoisotopic (exact) mass is 248 g/mol. The number of hydrogen-bond acceptors (Lipinski definition) is 3. The average Bonchev–Trinajstić information content (AvgIpc) is 2.60. The molecule has 0 unspecified atom stereocenters. The third kappa shape index (κ3) is 1.36.